The lowest BCUT2D eigenvalue weighted by Gasteiger charge is -2.33. The van der Waals surface area contributed by atoms with Crippen molar-refractivity contribution in [3.05, 3.63) is 29.3 Å². The number of rotatable bonds is 3. The molecule has 0 atom stereocenters. The summed E-state index contributed by atoms with van der Waals surface area (Å²) >= 11 is 0. The predicted octanol–water partition coefficient (Wildman–Crippen LogP) is 3.16. The second kappa shape index (κ2) is 5.27. The fourth-order valence-electron chi connectivity index (χ4n) is 2.72. The van der Waals surface area contributed by atoms with E-state index in [0.717, 1.165) is 29.7 Å². The Morgan fingerprint density at radius 1 is 1.39 bits per heavy atom. The number of aryl methyl sites for hydroxylation is 1. The van der Waals surface area contributed by atoms with E-state index < -0.39 is 5.67 Å². The van der Waals surface area contributed by atoms with Crippen molar-refractivity contribution in [1.29, 1.82) is 0 Å². The van der Waals surface area contributed by atoms with Gasteiger partial charge in [0.1, 0.15) is 11.4 Å². The molecule has 0 amide bonds. The van der Waals surface area contributed by atoms with Crippen LogP contribution < -0.4 is 10.5 Å². The van der Waals surface area contributed by atoms with E-state index in [9.17, 15) is 4.39 Å². The van der Waals surface area contributed by atoms with Crippen LogP contribution in [0.3, 0.4) is 0 Å². The molecule has 1 fully saturated rings. The van der Waals surface area contributed by atoms with Crippen molar-refractivity contribution in [2.45, 2.75) is 50.7 Å². The Hall–Kier alpha value is -1.09. The maximum absolute atomic E-state index is 14.8. The van der Waals surface area contributed by atoms with E-state index in [1.807, 2.05) is 25.1 Å². The zero-order valence-corrected chi connectivity index (χ0v) is 11.2. The third kappa shape index (κ3) is 3.02. The first-order chi connectivity index (χ1) is 8.52. The molecule has 0 aromatic heterocycles. The number of benzene rings is 1. The third-order valence-corrected chi connectivity index (χ3v) is 3.87. The number of ether oxygens (including phenoxy) is 1. The highest BCUT2D eigenvalue weighted by Gasteiger charge is 2.35. The molecule has 3 heteroatoms. The van der Waals surface area contributed by atoms with Crippen LogP contribution in [-0.4, -0.2) is 18.8 Å². The average molecular weight is 251 g/mol. The molecule has 2 N–H and O–H groups in total. The van der Waals surface area contributed by atoms with Crippen molar-refractivity contribution in [3.8, 4) is 5.75 Å². The van der Waals surface area contributed by atoms with Crippen molar-refractivity contribution in [1.82, 2.24) is 0 Å². The van der Waals surface area contributed by atoms with Gasteiger partial charge in [0.25, 0.3) is 0 Å². The van der Waals surface area contributed by atoms with Crippen molar-refractivity contribution in [2.75, 3.05) is 7.11 Å². The van der Waals surface area contributed by atoms with Crippen molar-refractivity contribution in [2.24, 2.45) is 5.73 Å². The Bertz CT molecular complexity index is 411. The Kier molecular flexibility index (Phi) is 3.91. The molecular weight excluding hydrogens is 229 g/mol. The van der Waals surface area contributed by atoms with E-state index in [1.165, 1.54) is 0 Å². The Morgan fingerprint density at radius 3 is 2.67 bits per heavy atom. The minimum Gasteiger partial charge on any atom is -0.496 e. The zero-order chi connectivity index (χ0) is 13.2. The smallest absolute Gasteiger partial charge is 0.122 e. The van der Waals surface area contributed by atoms with Crippen LogP contribution in [0.25, 0.3) is 0 Å². The van der Waals surface area contributed by atoms with Crippen LogP contribution in [0, 0.1) is 6.92 Å². The second-order valence-corrected chi connectivity index (χ2v) is 5.48. The molecule has 0 heterocycles. The van der Waals surface area contributed by atoms with Crippen LogP contribution in [0.5, 0.6) is 5.75 Å². The summed E-state index contributed by atoms with van der Waals surface area (Å²) in [4.78, 5) is 0. The topological polar surface area (TPSA) is 35.2 Å². The molecule has 0 unspecified atom stereocenters. The van der Waals surface area contributed by atoms with Crippen molar-refractivity contribution < 1.29 is 9.13 Å². The van der Waals surface area contributed by atoms with E-state index >= 15 is 0 Å². The van der Waals surface area contributed by atoms with E-state index in [0.29, 0.717) is 19.3 Å². The van der Waals surface area contributed by atoms with Gasteiger partial charge in [-0.2, -0.15) is 0 Å². The van der Waals surface area contributed by atoms with E-state index in [2.05, 4.69) is 0 Å². The highest BCUT2D eigenvalue weighted by Crippen LogP contribution is 2.36. The lowest BCUT2D eigenvalue weighted by atomic mass is 9.80. The average Bonchev–Trinajstić information content (AvgIpc) is 2.34. The highest BCUT2D eigenvalue weighted by atomic mass is 19.1. The number of hydrogen-bond donors (Lipinski definition) is 1. The number of hydrogen-bond acceptors (Lipinski definition) is 2. The number of halogens is 1. The summed E-state index contributed by atoms with van der Waals surface area (Å²) in [6.45, 7) is 2.02. The Balaban J connectivity index is 2.15. The maximum atomic E-state index is 14.8. The molecular formula is C15H22FNO. The fraction of sp³-hybridized carbons (Fsp3) is 0.600. The molecule has 2 rings (SSSR count). The van der Waals surface area contributed by atoms with Gasteiger partial charge < -0.3 is 10.5 Å². The second-order valence-electron chi connectivity index (χ2n) is 5.48. The lowest BCUT2D eigenvalue weighted by molar-refractivity contribution is 0.0987. The summed E-state index contributed by atoms with van der Waals surface area (Å²) in [6.07, 6.45) is 3.12. The molecule has 0 radical (unpaired) electrons. The first-order valence-electron chi connectivity index (χ1n) is 6.60. The standard InChI is InChI=1S/C15H22FNO/c1-11-3-4-14(18-2)12(9-11)10-15(16)7-5-13(17)6-8-15/h3-4,9,13H,5-8,10,17H2,1-2H3. The fourth-order valence-corrected chi connectivity index (χ4v) is 2.72. The van der Waals surface area contributed by atoms with Gasteiger partial charge in [0, 0.05) is 12.5 Å². The molecule has 1 aliphatic rings. The van der Waals surface area contributed by atoms with E-state index in [-0.39, 0.29) is 6.04 Å². The van der Waals surface area contributed by atoms with Crippen LogP contribution in [0.1, 0.15) is 36.8 Å². The van der Waals surface area contributed by atoms with Gasteiger partial charge >= 0.3 is 0 Å². The first kappa shape index (κ1) is 13.3. The maximum Gasteiger partial charge on any atom is 0.122 e. The molecule has 100 valence electrons. The first-order valence-corrected chi connectivity index (χ1v) is 6.60. The Labute approximate surface area is 108 Å². The van der Waals surface area contributed by atoms with Gasteiger partial charge in [-0.25, -0.2) is 4.39 Å². The molecule has 18 heavy (non-hydrogen) atoms. The summed E-state index contributed by atoms with van der Waals surface area (Å²) in [5, 5.41) is 0. The van der Waals surface area contributed by atoms with E-state index in [4.69, 9.17) is 10.5 Å². The largest absolute Gasteiger partial charge is 0.496 e. The van der Waals surface area contributed by atoms with Gasteiger partial charge in [0.05, 0.1) is 7.11 Å². The number of nitrogens with two attached hydrogens (primary N) is 1. The minimum absolute atomic E-state index is 0.174. The summed E-state index contributed by atoms with van der Waals surface area (Å²) in [5.41, 5.74) is 6.83. The number of methoxy groups -OCH3 is 1. The molecule has 1 aliphatic carbocycles. The minimum atomic E-state index is -1.11. The van der Waals surface area contributed by atoms with Crippen LogP contribution in [0.15, 0.2) is 18.2 Å². The van der Waals surface area contributed by atoms with Gasteiger partial charge in [-0.05, 0) is 44.2 Å². The van der Waals surface area contributed by atoms with Crippen molar-refractivity contribution in [3.63, 3.8) is 0 Å². The van der Waals surface area contributed by atoms with Crippen LogP contribution in [-0.2, 0) is 6.42 Å². The summed E-state index contributed by atoms with van der Waals surface area (Å²) in [7, 11) is 1.63. The molecule has 2 nitrogen and oxygen atoms in total. The third-order valence-electron chi connectivity index (χ3n) is 3.87. The van der Waals surface area contributed by atoms with Crippen LogP contribution in [0.4, 0.5) is 4.39 Å². The summed E-state index contributed by atoms with van der Waals surface area (Å²) in [6, 6.07) is 6.11. The quantitative estimate of drug-likeness (QED) is 0.895. The Morgan fingerprint density at radius 2 is 2.06 bits per heavy atom. The van der Waals surface area contributed by atoms with Crippen molar-refractivity contribution >= 4 is 0 Å². The van der Waals surface area contributed by atoms with Gasteiger partial charge in [-0.3, -0.25) is 0 Å². The molecule has 0 bridgehead atoms. The van der Waals surface area contributed by atoms with Gasteiger partial charge in [0.2, 0.25) is 0 Å². The normalized spacial score (nSPS) is 28.1. The molecule has 1 saturated carbocycles. The summed E-state index contributed by atoms with van der Waals surface area (Å²) in [5.74, 6) is 0.785. The van der Waals surface area contributed by atoms with Crippen LogP contribution in [0.2, 0.25) is 0 Å². The lowest BCUT2D eigenvalue weighted by Crippen LogP contribution is -2.37. The van der Waals surface area contributed by atoms with Gasteiger partial charge in [-0.1, -0.05) is 17.7 Å². The molecule has 0 spiro atoms. The predicted molar refractivity (Wildman–Crippen MR) is 71.7 cm³/mol. The van der Waals surface area contributed by atoms with E-state index in [1.54, 1.807) is 7.11 Å². The summed E-state index contributed by atoms with van der Waals surface area (Å²) < 4.78 is 20.1. The molecule has 0 aliphatic heterocycles. The highest BCUT2D eigenvalue weighted by molar-refractivity contribution is 5.38. The molecule has 1 aromatic rings. The SMILES string of the molecule is COc1ccc(C)cc1CC1(F)CCC(N)CC1. The van der Waals surface area contributed by atoms with Gasteiger partial charge in [0.15, 0.2) is 0 Å². The monoisotopic (exact) mass is 251 g/mol. The molecule has 0 saturated heterocycles. The van der Waals surface area contributed by atoms with Gasteiger partial charge in [-0.15, -0.1) is 0 Å². The molecule has 1 aromatic carbocycles. The number of alkyl halides is 1. The van der Waals surface area contributed by atoms with Crippen LogP contribution >= 0.6 is 0 Å². The zero-order valence-electron chi connectivity index (χ0n) is 11.2.